The molecular weight excluding hydrogens is 248 g/mol. The summed E-state index contributed by atoms with van der Waals surface area (Å²) in [5.74, 6) is -0.105. The first kappa shape index (κ1) is 12.6. The van der Waals surface area contributed by atoms with Gasteiger partial charge in [-0.3, -0.25) is 9.79 Å². The molecule has 0 saturated heterocycles. The molecule has 1 heterocycles. The number of rotatable bonds is 3. The van der Waals surface area contributed by atoms with Crippen molar-refractivity contribution < 1.29 is 4.79 Å². The molecule has 0 spiro atoms. The van der Waals surface area contributed by atoms with E-state index in [1.54, 1.807) is 0 Å². The van der Waals surface area contributed by atoms with Gasteiger partial charge in [0.25, 0.3) is 5.91 Å². The number of hydrogen-bond acceptors (Lipinski definition) is 2. The number of nitrogens with zero attached hydrogens (tertiary/aromatic N) is 1. The van der Waals surface area contributed by atoms with Crippen molar-refractivity contribution in [2.45, 2.75) is 19.4 Å². The van der Waals surface area contributed by atoms with Crippen molar-refractivity contribution in [2.75, 3.05) is 5.32 Å². The van der Waals surface area contributed by atoms with Gasteiger partial charge in [0.1, 0.15) is 5.71 Å². The zero-order valence-electron chi connectivity index (χ0n) is 11.3. The van der Waals surface area contributed by atoms with Crippen molar-refractivity contribution in [3.8, 4) is 0 Å². The molecule has 3 heteroatoms. The van der Waals surface area contributed by atoms with Crippen LogP contribution in [0.15, 0.2) is 59.6 Å². The zero-order chi connectivity index (χ0) is 13.9. The molecule has 3 nitrogen and oxygen atoms in total. The topological polar surface area (TPSA) is 41.5 Å². The van der Waals surface area contributed by atoms with E-state index in [4.69, 9.17) is 0 Å². The van der Waals surface area contributed by atoms with Gasteiger partial charge in [-0.2, -0.15) is 0 Å². The summed E-state index contributed by atoms with van der Waals surface area (Å²) in [5.41, 5.74) is 3.53. The maximum absolute atomic E-state index is 12.0. The Morgan fingerprint density at radius 3 is 2.55 bits per heavy atom. The van der Waals surface area contributed by atoms with Gasteiger partial charge in [0.15, 0.2) is 0 Å². The molecule has 3 rings (SSSR count). The number of para-hydroxylation sites is 1. The second-order valence-electron chi connectivity index (χ2n) is 5.02. The number of amides is 1. The Kier molecular flexibility index (Phi) is 3.33. The molecule has 0 bridgehead atoms. The van der Waals surface area contributed by atoms with Gasteiger partial charge in [0.2, 0.25) is 0 Å². The molecule has 0 fully saturated rings. The van der Waals surface area contributed by atoms with E-state index in [9.17, 15) is 4.79 Å². The molecule has 0 aliphatic carbocycles. The van der Waals surface area contributed by atoms with Gasteiger partial charge in [-0.25, -0.2) is 0 Å². The highest BCUT2D eigenvalue weighted by Crippen LogP contribution is 2.23. The average Bonchev–Trinajstić information content (AvgIpc) is 2.76. The molecule has 0 radical (unpaired) electrons. The summed E-state index contributed by atoms with van der Waals surface area (Å²) in [6, 6.07) is 18.0. The Balaban J connectivity index is 1.83. The summed E-state index contributed by atoms with van der Waals surface area (Å²) >= 11 is 0. The van der Waals surface area contributed by atoms with E-state index < -0.39 is 0 Å². The van der Waals surface area contributed by atoms with Crippen LogP contribution < -0.4 is 5.32 Å². The van der Waals surface area contributed by atoms with E-state index in [1.807, 2.05) is 49.4 Å². The smallest absolute Gasteiger partial charge is 0.274 e. The number of hydrogen-bond donors (Lipinski definition) is 1. The third-order valence-electron chi connectivity index (χ3n) is 3.37. The van der Waals surface area contributed by atoms with Crippen molar-refractivity contribution in [1.29, 1.82) is 0 Å². The van der Waals surface area contributed by atoms with Gasteiger partial charge < -0.3 is 5.32 Å². The minimum Gasteiger partial charge on any atom is -0.320 e. The summed E-state index contributed by atoms with van der Waals surface area (Å²) in [7, 11) is 0. The Hall–Kier alpha value is -2.42. The summed E-state index contributed by atoms with van der Waals surface area (Å²) < 4.78 is 0. The molecule has 2 aromatic rings. The molecule has 0 saturated carbocycles. The van der Waals surface area contributed by atoms with E-state index in [-0.39, 0.29) is 11.9 Å². The molecule has 1 aliphatic rings. The lowest BCUT2D eigenvalue weighted by atomic mass is 10.1. The fourth-order valence-corrected chi connectivity index (χ4v) is 2.45. The fraction of sp³-hybridized carbons (Fsp3) is 0.176. The summed E-state index contributed by atoms with van der Waals surface area (Å²) in [6.07, 6.45) is 0.833. The third kappa shape index (κ3) is 2.48. The second-order valence-corrected chi connectivity index (χ2v) is 5.02. The highest BCUT2D eigenvalue weighted by Gasteiger charge is 2.25. The lowest BCUT2D eigenvalue weighted by Crippen LogP contribution is -2.17. The van der Waals surface area contributed by atoms with Crippen molar-refractivity contribution in [1.82, 2.24) is 0 Å². The SMILES string of the molecule is CC(Cc1ccccc1)N=C1C(=O)Nc2ccccc21. The quantitative estimate of drug-likeness (QED) is 0.909. The Morgan fingerprint density at radius 1 is 1.05 bits per heavy atom. The first-order valence-electron chi connectivity index (χ1n) is 6.76. The second kappa shape index (κ2) is 5.29. The molecule has 1 atom stereocenters. The number of benzene rings is 2. The van der Waals surface area contributed by atoms with Crippen molar-refractivity contribution >= 4 is 17.3 Å². The zero-order valence-corrected chi connectivity index (χ0v) is 11.3. The maximum Gasteiger partial charge on any atom is 0.274 e. The summed E-state index contributed by atoms with van der Waals surface area (Å²) in [6.45, 7) is 2.04. The van der Waals surface area contributed by atoms with Gasteiger partial charge >= 0.3 is 0 Å². The van der Waals surface area contributed by atoms with Crippen LogP contribution in [-0.4, -0.2) is 17.7 Å². The van der Waals surface area contributed by atoms with Crippen molar-refractivity contribution in [3.63, 3.8) is 0 Å². The molecule has 1 N–H and O–H groups in total. The first-order valence-corrected chi connectivity index (χ1v) is 6.76. The number of carbonyl (C=O) groups excluding carboxylic acids is 1. The van der Waals surface area contributed by atoms with E-state index in [1.165, 1.54) is 5.56 Å². The van der Waals surface area contributed by atoms with Crippen molar-refractivity contribution in [2.24, 2.45) is 4.99 Å². The van der Waals surface area contributed by atoms with Crippen LogP contribution >= 0.6 is 0 Å². The third-order valence-corrected chi connectivity index (χ3v) is 3.37. The maximum atomic E-state index is 12.0. The highest BCUT2D eigenvalue weighted by atomic mass is 16.2. The molecule has 1 unspecified atom stereocenters. The van der Waals surface area contributed by atoms with E-state index in [0.717, 1.165) is 17.7 Å². The van der Waals surface area contributed by atoms with Crippen molar-refractivity contribution in [3.05, 3.63) is 65.7 Å². The normalized spacial score (nSPS) is 16.9. The lowest BCUT2D eigenvalue weighted by Gasteiger charge is -2.07. The van der Waals surface area contributed by atoms with Crippen LogP contribution in [0.4, 0.5) is 5.69 Å². The number of fused-ring (bicyclic) bond motifs is 1. The number of carbonyl (C=O) groups is 1. The first-order chi connectivity index (χ1) is 9.74. The minimum atomic E-state index is -0.105. The van der Waals surface area contributed by atoms with Gasteiger partial charge in [-0.1, -0.05) is 48.5 Å². The standard InChI is InChI=1S/C17H16N2O/c1-12(11-13-7-3-2-4-8-13)18-16-14-9-5-6-10-15(14)19-17(16)20/h2-10,12H,11H2,1H3,(H,18,19,20). The van der Waals surface area contributed by atoms with E-state index >= 15 is 0 Å². The highest BCUT2D eigenvalue weighted by molar-refractivity contribution is 6.53. The Morgan fingerprint density at radius 2 is 1.75 bits per heavy atom. The number of nitrogens with one attached hydrogen (secondary N) is 1. The van der Waals surface area contributed by atoms with Crippen LogP contribution in [-0.2, 0) is 11.2 Å². The van der Waals surface area contributed by atoms with Gasteiger partial charge in [0, 0.05) is 5.56 Å². The van der Waals surface area contributed by atoms with Crippen LogP contribution in [0.2, 0.25) is 0 Å². The van der Waals surface area contributed by atoms with Gasteiger partial charge in [0.05, 0.1) is 11.7 Å². The number of anilines is 1. The van der Waals surface area contributed by atoms with Gasteiger partial charge in [-0.05, 0) is 25.0 Å². The van der Waals surface area contributed by atoms with E-state index in [0.29, 0.717) is 5.71 Å². The molecule has 1 aliphatic heterocycles. The fourth-order valence-electron chi connectivity index (χ4n) is 2.45. The average molecular weight is 264 g/mol. The van der Waals surface area contributed by atoms with Crippen LogP contribution in [0.25, 0.3) is 0 Å². The summed E-state index contributed by atoms with van der Waals surface area (Å²) in [4.78, 5) is 16.6. The molecule has 1 amide bonds. The Bertz CT molecular complexity index is 662. The molecule has 0 aromatic heterocycles. The van der Waals surface area contributed by atoms with Crippen LogP contribution in [0.1, 0.15) is 18.1 Å². The van der Waals surface area contributed by atoms with Crippen LogP contribution in [0, 0.1) is 0 Å². The lowest BCUT2D eigenvalue weighted by molar-refractivity contribution is -0.110. The molecule has 100 valence electrons. The summed E-state index contributed by atoms with van der Waals surface area (Å²) in [5, 5.41) is 2.85. The van der Waals surface area contributed by atoms with Crippen LogP contribution in [0.5, 0.6) is 0 Å². The minimum absolute atomic E-state index is 0.0734. The molecule has 20 heavy (non-hydrogen) atoms. The predicted molar refractivity (Wildman–Crippen MR) is 81.2 cm³/mol. The van der Waals surface area contributed by atoms with Crippen LogP contribution in [0.3, 0.4) is 0 Å². The largest absolute Gasteiger partial charge is 0.320 e. The monoisotopic (exact) mass is 264 g/mol. The number of aliphatic imine (C=N–C) groups is 1. The predicted octanol–water partition coefficient (Wildman–Crippen LogP) is 3.06. The molecular formula is C17H16N2O. The van der Waals surface area contributed by atoms with E-state index in [2.05, 4.69) is 22.4 Å². The van der Waals surface area contributed by atoms with Gasteiger partial charge in [-0.15, -0.1) is 0 Å². The molecule has 2 aromatic carbocycles. The Labute approximate surface area is 118 Å².